The van der Waals surface area contributed by atoms with Crippen LogP contribution in [0, 0.1) is 0 Å². The number of carboxylic acids is 1. The van der Waals surface area contributed by atoms with Crippen molar-refractivity contribution in [2.24, 2.45) is 0 Å². The van der Waals surface area contributed by atoms with Gasteiger partial charge in [0.15, 0.2) is 0 Å². The molecule has 1 heterocycles. The maximum atomic E-state index is 12.1. The van der Waals surface area contributed by atoms with E-state index in [4.69, 9.17) is 4.74 Å². The zero-order valence-electron chi connectivity index (χ0n) is 11.4. The molecule has 0 bridgehead atoms. The molecule has 2 aromatic rings. The van der Waals surface area contributed by atoms with Gasteiger partial charge in [-0.25, -0.2) is 0 Å². The van der Waals surface area contributed by atoms with E-state index in [0.717, 1.165) is 15.6 Å². The SMILES string of the molecule is O=C(O)C1(Cc2cccc(Br)c2)CCOc2ccccc21. The molecule has 0 saturated heterocycles. The number of para-hydroxylation sites is 1. The maximum Gasteiger partial charge on any atom is 0.314 e. The van der Waals surface area contributed by atoms with Crippen molar-refractivity contribution in [3.8, 4) is 5.75 Å². The number of carbonyl (C=O) groups is 1. The van der Waals surface area contributed by atoms with Gasteiger partial charge in [-0.1, -0.05) is 46.3 Å². The summed E-state index contributed by atoms with van der Waals surface area (Å²) in [6.07, 6.45) is 0.938. The Labute approximate surface area is 131 Å². The van der Waals surface area contributed by atoms with E-state index >= 15 is 0 Å². The number of hydrogen-bond acceptors (Lipinski definition) is 2. The Morgan fingerprint density at radius 1 is 1.24 bits per heavy atom. The van der Waals surface area contributed by atoms with Crippen LogP contribution in [0.1, 0.15) is 17.5 Å². The number of halogens is 1. The minimum atomic E-state index is -0.921. The van der Waals surface area contributed by atoms with Gasteiger partial charge in [0.1, 0.15) is 11.2 Å². The van der Waals surface area contributed by atoms with E-state index in [2.05, 4.69) is 15.9 Å². The van der Waals surface area contributed by atoms with Crippen LogP contribution in [0.4, 0.5) is 0 Å². The summed E-state index contributed by atoms with van der Waals surface area (Å²) in [5.74, 6) is -0.112. The van der Waals surface area contributed by atoms with Gasteiger partial charge in [-0.15, -0.1) is 0 Å². The van der Waals surface area contributed by atoms with Crippen molar-refractivity contribution in [2.75, 3.05) is 6.61 Å². The first-order chi connectivity index (χ1) is 10.1. The Morgan fingerprint density at radius 2 is 2.05 bits per heavy atom. The largest absolute Gasteiger partial charge is 0.493 e. The number of aliphatic carboxylic acids is 1. The lowest BCUT2D eigenvalue weighted by molar-refractivity contribution is -0.145. The van der Waals surface area contributed by atoms with Gasteiger partial charge in [0, 0.05) is 16.5 Å². The average molecular weight is 347 g/mol. The number of carboxylic acid groups (broad SMARTS) is 1. The minimum Gasteiger partial charge on any atom is -0.493 e. The molecule has 0 aliphatic carbocycles. The minimum absolute atomic E-state index is 0.428. The molecule has 3 nitrogen and oxygen atoms in total. The van der Waals surface area contributed by atoms with Crippen LogP contribution in [0.2, 0.25) is 0 Å². The standard InChI is InChI=1S/C17H15BrO3/c18-13-5-3-4-12(10-13)11-17(16(19)20)8-9-21-15-7-2-1-6-14(15)17/h1-7,10H,8-9,11H2,(H,19,20). The fraction of sp³-hybridized carbons (Fsp3) is 0.235. The van der Waals surface area contributed by atoms with E-state index in [1.165, 1.54) is 0 Å². The van der Waals surface area contributed by atoms with Crippen LogP contribution in [-0.2, 0) is 16.6 Å². The molecule has 1 aliphatic heterocycles. The molecule has 0 saturated carbocycles. The third-order valence-corrected chi connectivity index (χ3v) is 4.49. The lowest BCUT2D eigenvalue weighted by atomic mass is 9.72. The predicted molar refractivity (Wildman–Crippen MR) is 83.7 cm³/mol. The first kappa shape index (κ1) is 14.1. The molecule has 0 aromatic heterocycles. The van der Waals surface area contributed by atoms with E-state index in [0.29, 0.717) is 25.2 Å². The molecule has 21 heavy (non-hydrogen) atoms. The highest BCUT2D eigenvalue weighted by molar-refractivity contribution is 9.10. The second-order valence-electron chi connectivity index (χ2n) is 5.29. The lowest BCUT2D eigenvalue weighted by Crippen LogP contribution is -2.42. The van der Waals surface area contributed by atoms with Crippen molar-refractivity contribution in [3.05, 3.63) is 64.1 Å². The van der Waals surface area contributed by atoms with Gasteiger partial charge in [0.2, 0.25) is 0 Å². The molecule has 2 aromatic carbocycles. The molecule has 4 heteroatoms. The number of fused-ring (bicyclic) bond motifs is 1. The summed E-state index contributed by atoms with van der Waals surface area (Å²) in [6, 6.07) is 15.3. The molecule has 1 unspecified atom stereocenters. The van der Waals surface area contributed by atoms with Crippen molar-refractivity contribution >= 4 is 21.9 Å². The number of rotatable bonds is 3. The summed E-state index contributed by atoms with van der Waals surface area (Å²) in [7, 11) is 0. The molecule has 0 radical (unpaired) electrons. The van der Waals surface area contributed by atoms with Crippen molar-refractivity contribution in [1.82, 2.24) is 0 Å². The third-order valence-electron chi connectivity index (χ3n) is 3.99. The summed E-state index contributed by atoms with van der Waals surface area (Å²) in [5.41, 5.74) is 0.850. The van der Waals surface area contributed by atoms with Crippen LogP contribution >= 0.6 is 15.9 Å². The highest BCUT2D eigenvalue weighted by Crippen LogP contribution is 2.41. The van der Waals surface area contributed by atoms with Crippen LogP contribution in [0.5, 0.6) is 5.75 Å². The quantitative estimate of drug-likeness (QED) is 0.919. The zero-order valence-corrected chi connectivity index (χ0v) is 13.0. The molecule has 1 aliphatic rings. The van der Waals surface area contributed by atoms with E-state index in [1.807, 2.05) is 48.5 Å². The van der Waals surface area contributed by atoms with Gasteiger partial charge in [-0.2, -0.15) is 0 Å². The molecule has 0 spiro atoms. The number of benzene rings is 2. The van der Waals surface area contributed by atoms with E-state index in [9.17, 15) is 9.90 Å². The molecule has 1 N–H and O–H groups in total. The Bertz CT molecular complexity index is 683. The normalized spacial score (nSPS) is 20.4. The van der Waals surface area contributed by atoms with Gasteiger partial charge >= 0.3 is 5.97 Å². The van der Waals surface area contributed by atoms with Crippen LogP contribution in [0.15, 0.2) is 53.0 Å². The number of hydrogen-bond donors (Lipinski definition) is 1. The monoisotopic (exact) mass is 346 g/mol. The highest BCUT2D eigenvalue weighted by Gasteiger charge is 2.44. The summed E-state index contributed by atoms with van der Waals surface area (Å²) >= 11 is 3.44. The van der Waals surface area contributed by atoms with Crippen LogP contribution in [-0.4, -0.2) is 17.7 Å². The molecule has 3 rings (SSSR count). The first-order valence-corrected chi connectivity index (χ1v) is 7.61. The van der Waals surface area contributed by atoms with Gasteiger partial charge in [0.05, 0.1) is 6.61 Å². The van der Waals surface area contributed by atoms with E-state index in [1.54, 1.807) is 0 Å². The molecular weight excluding hydrogens is 332 g/mol. The van der Waals surface area contributed by atoms with Crippen LogP contribution in [0.3, 0.4) is 0 Å². The molecule has 0 amide bonds. The summed E-state index contributed by atoms with van der Waals surface area (Å²) in [5, 5.41) is 9.90. The van der Waals surface area contributed by atoms with Crippen LogP contribution in [0.25, 0.3) is 0 Å². The molecule has 108 valence electrons. The van der Waals surface area contributed by atoms with Gasteiger partial charge in [-0.05, 0) is 30.2 Å². The zero-order chi connectivity index (χ0) is 14.9. The maximum absolute atomic E-state index is 12.1. The summed E-state index contributed by atoms with van der Waals surface area (Å²) in [6.45, 7) is 0.428. The topological polar surface area (TPSA) is 46.5 Å². The molecular formula is C17H15BrO3. The average Bonchev–Trinajstić information content (AvgIpc) is 2.47. The predicted octanol–water partition coefficient (Wildman–Crippen LogP) is 3.80. The smallest absolute Gasteiger partial charge is 0.314 e. The third kappa shape index (κ3) is 2.56. The first-order valence-electron chi connectivity index (χ1n) is 6.82. The van der Waals surface area contributed by atoms with Crippen LogP contribution < -0.4 is 4.74 Å². The van der Waals surface area contributed by atoms with Gasteiger partial charge in [-0.3, -0.25) is 4.79 Å². The highest BCUT2D eigenvalue weighted by atomic mass is 79.9. The fourth-order valence-electron chi connectivity index (χ4n) is 2.93. The Balaban J connectivity index is 2.08. The van der Waals surface area contributed by atoms with Gasteiger partial charge in [0.25, 0.3) is 0 Å². The number of ether oxygens (including phenoxy) is 1. The Kier molecular flexibility index (Phi) is 3.72. The fourth-order valence-corrected chi connectivity index (χ4v) is 3.38. The van der Waals surface area contributed by atoms with Crippen molar-refractivity contribution < 1.29 is 14.6 Å². The van der Waals surface area contributed by atoms with E-state index in [-0.39, 0.29) is 0 Å². The Morgan fingerprint density at radius 3 is 2.81 bits per heavy atom. The molecule has 1 atom stereocenters. The lowest BCUT2D eigenvalue weighted by Gasteiger charge is -2.35. The summed E-state index contributed by atoms with van der Waals surface area (Å²) in [4.78, 5) is 12.1. The second kappa shape index (κ2) is 5.53. The van der Waals surface area contributed by atoms with E-state index < -0.39 is 11.4 Å². The summed E-state index contributed by atoms with van der Waals surface area (Å²) < 4.78 is 6.58. The molecule has 0 fully saturated rings. The second-order valence-corrected chi connectivity index (χ2v) is 6.20. The van der Waals surface area contributed by atoms with Crippen molar-refractivity contribution in [2.45, 2.75) is 18.3 Å². The van der Waals surface area contributed by atoms with Crippen molar-refractivity contribution in [1.29, 1.82) is 0 Å². The van der Waals surface area contributed by atoms with Gasteiger partial charge < -0.3 is 9.84 Å². The van der Waals surface area contributed by atoms with Crippen molar-refractivity contribution in [3.63, 3.8) is 0 Å². The Hall–Kier alpha value is -1.81.